The standard InChI is InChI=1S/C18H14O7/c1-23-14-8-13-16(17(22)18(14)24-9-15(20)21)11(19)7-12(25-13)10-5-3-2-4-6-10/h2-8,22H,9H2,1H3,(H,20,21). The van der Waals surface area contributed by atoms with Gasteiger partial charge in [-0.2, -0.15) is 0 Å². The highest BCUT2D eigenvalue weighted by Crippen LogP contribution is 2.42. The third-order valence-corrected chi connectivity index (χ3v) is 3.53. The van der Waals surface area contributed by atoms with Crippen LogP contribution < -0.4 is 14.9 Å². The minimum absolute atomic E-state index is 0.0552. The molecule has 0 atom stereocenters. The number of methoxy groups -OCH3 is 1. The fourth-order valence-corrected chi connectivity index (χ4v) is 2.43. The van der Waals surface area contributed by atoms with E-state index in [4.69, 9.17) is 19.0 Å². The van der Waals surface area contributed by atoms with E-state index < -0.39 is 23.8 Å². The number of carbonyl (C=O) groups is 1. The first-order valence-electron chi connectivity index (χ1n) is 7.29. The van der Waals surface area contributed by atoms with E-state index in [2.05, 4.69) is 0 Å². The molecule has 0 unspecified atom stereocenters. The van der Waals surface area contributed by atoms with E-state index in [0.717, 1.165) is 0 Å². The maximum absolute atomic E-state index is 12.5. The van der Waals surface area contributed by atoms with Gasteiger partial charge in [-0.25, -0.2) is 4.79 Å². The number of ether oxygens (including phenoxy) is 2. The largest absolute Gasteiger partial charge is 0.504 e. The lowest BCUT2D eigenvalue weighted by molar-refractivity contribution is -0.139. The van der Waals surface area contributed by atoms with Crippen LogP contribution in [0.15, 0.2) is 51.7 Å². The van der Waals surface area contributed by atoms with Crippen LogP contribution in [-0.2, 0) is 4.79 Å². The lowest BCUT2D eigenvalue weighted by Crippen LogP contribution is -2.11. The molecule has 7 heteroatoms. The number of hydrogen-bond acceptors (Lipinski definition) is 6. The molecule has 0 saturated heterocycles. The molecule has 0 aliphatic heterocycles. The van der Waals surface area contributed by atoms with Gasteiger partial charge in [0.15, 0.2) is 23.5 Å². The van der Waals surface area contributed by atoms with Crippen molar-refractivity contribution in [3.05, 3.63) is 52.7 Å². The molecule has 2 aromatic carbocycles. The topological polar surface area (TPSA) is 106 Å². The number of rotatable bonds is 5. The smallest absolute Gasteiger partial charge is 0.341 e. The quantitative estimate of drug-likeness (QED) is 0.734. The van der Waals surface area contributed by atoms with Crippen LogP contribution in [0.2, 0.25) is 0 Å². The molecule has 0 aliphatic carbocycles. The molecule has 0 radical (unpaired) electrons. The Morgan fingerprint density at radius 3 is 2.56 bits per heavy atom. The summed E-state index contributed by atoms with van der Waals surface area (Å²) < 4.78 is 15.9. The minimum atomic E-state index is -1.23. The van der Waals surface area contributed by atoms with Gasteiger partial charge in [-0.15, -0.1) is 0 Å². The summed E-state index contributed by atoms with van der Waals surface area (Å²) in [6.45, 7) is -0.692. The van der Waals surface area contributed by atoms with Gasteiger partial charge in [-0.05, 0) is 0 Å². The second-order valence-corrected chi connectivity index (χ2v) is 5.15. The monoisotopic (exact) mass is 342 g/mol. The molecule has 0 spiro atoms. The van der Waals surface area contributed by atoms with Gasteiger partial charge in [0.2, 0.25) is 5.75 Å². The molecule has 128 valence electrons. The summed E-state index contributed by atoms with van der Waals surface area (Å²) in [6, 6.07) is 11.6. The number of aliphatic carboxylic acids is 1. The Kier molecular flexibility index (Phi) is 4.30. The van der Waals surface area contributed by atoms with Crippen LogP contribution in [0.25, 0.3) is 22.3 Å². The number of benzene rings is 2. The summed E-state index contributed by atoms with van der Waals surface area (Å²) in [5, 5.41) is 19.0. The van der Waals surface area contributed by atoms with Crippen LogP contribution in [0.5, 0.6) is 17.2 Å². The predicted octanol–water partition coefficient (Wildman–Crippen LogP) is 2.64. The molecular weight excluding hydrogens is 328 g/mol. The van der Waals surface area contributed by atoms with Crippen molar-refractivity contribution in [2.24, 2.45) is 0 Å². The van der Waals surface area contributed by atoms with Crippen molar-refractivity contribution in [2.45, 2.75) is 0 Å². The van der Waals surface area contributed by atoms with Gasteiger partial charge < -0.3 is 24.1 Å². The van der Waals surface area contributed by atoms with E-state index in [1.165, 1.54) is 19.2 Å². The van der Waals surface area contributed by atoms with E-state index in [1.54, 1.807) is 24.3 Å². The van der Waals surface area contributed by atoms with Crippen molar-refractivity contribution in [3.63, 3.8) is 0 Å². The van der Waals surface area contributed by atoms with Crippen LogP contribution in [0.4, 0.5) is 0 Å². The molecule has 0 saturated carbocycles. The van der Waals surface area contributed by atoms with Gasteiger partial charge in [-0.1, -0.05) is 30.3 Å². The maximum Gasteiger partial charge on any atom is 0.341 e. The van der Waals surface area contributed by atoms with Crippen LogP contribution in [-0.4, -0.2) is 29.9 Å². The van der Waals surface area contributed by atoms with Gasteiger partial charge >= 0.3 is 5.97 Å². The van der Waals surface area contributed by atoms with Crippen molar-refractivity contribution in [2.75, 3.05) is 13.7 Å². The Labute approximate surface area is 141 Å². The molecule has 3 rings (SSSR count). The highest BCUT2D eigenvalue weighted by Gasteiger charge is 2.20. The van der Waals surface area contributed by atoms with Crippen LogP contribution in [0, 0.1) is 0 Å². The zero-order valence-corrected chi connectivity index (χ0v) is 13.2. The Morgan fingerprint density at radius 2 is 1.92 bits per heavy atom. The number of phenols is 1. The normalized spacial score (nSPS) is 10.6. The molecule has 1 aromatic heterocycles. The van der Waals surface area contributed by atoms with Gasteiger partial charge in [0.25, 0.3) is 0 Å². The molecule has 3 aromatic rings. The molecule has 0 aliphatic rings. The number of phenolic OH excluding ortho intramolecular Hbond substituents is 1. The highest BCUT2D eigenvalue weighted by molar-refractivity contribution is 5.89. The number of aromatic hydroxyl groups is 1. The highest BCUT2D eigenvalue weighted by atomic mass is 16.5. The molecule has 0 bridgehead atoms. The summed E-state index contributed by atoms with van der Waals surface area (Å²) in [5.41, 5.74) is 0.315. The second kappa shape index (κ2) is 6.56. The third-order valence-electron chi connectivity index (χ3n) is 3.53. The predicted molar refractivity (Wildman–Crippen MR) is 89.3 cm³/mol. The van der Waals surface area contributed by atoms with Crippen LogP contribution >= 0.6 is 0 Å². The van der Waals surface area contributed by atoms with Gasteiger partial charge in [0.1, 0.15) is 16.7 Å². The number of carboxylic acids is 1. The van der Waals surface area contributed by atoms with Gasteiger partial charge in [0.05, 0.1) is 7.11 Å². The maximum atomic E-state index is 12.5. The first kappa shape index (κ1) is 16.4. The molecule has 7 nitrogen and oxygen atoms in total. The molecule has 1 heterocycles. The van der Waals surface area contributed by atoms with Crippen molar-refractivity contribution in [1.29, 1.82) is 0 Å². The first-order valence-corrected chi connectivity index (χ1v) is 7.29. The Morgan fingerprint density at radius 1 is 1.20 bits per heavy atom. The van der Waals surface area contributed by atoms with Crippen LogP contribution in [0.1, 0.15) is 0 Å². The summed E-state index contributed by atoms with van der Waals surface area (Å²) in [6.07, 6.45) is 0. The SMILES string of the molecule is COc1cc2oc(-c3ccccc3)cc(=O)c2c(O)c1OCC(=O)O. The van der Waals surface area contributed by atoms with Crippen molar-refractivity contribution in [3.8, 4) is 28.6 Å². The number of fused-ring (bicyclic) bond motifs is 1. The minimum Gasteiger partial charge on any atom is -0.504 e. The summed E-state index contributed by atoms with van der Waals surface area (Å²) in [4.78, 5) is 23.1. The van der Waals surface area contributed by atoms with Crippen molar-refractivity contribution < 1.29 is 28.9 Å². The van der Waals surface area contributed by atoms with E-state index >= 15 is 0 Å². The number of hydrogen-bond donors (Lipinski definition) is 2. The average Bonchev–Trinajstić information content (AvgIpc) is 2.60. The number of carboxylic acid groups (broad SMARTS) is 1. The van der Waals surface area contributed by atoms with E-state index in [0.29, 0.717) is 11.3 Å². The molecule has 2 N–H and O–H groups in total. The molecule has 25 heavy (non-hydrogen) atoms. The van der Waals surface area contributed by atoms with Crippen molar-refractivity contribution in [1.82, 2.24) is 0 Å². The van der Waals surface area contributed by atoms with Gasteiger partial charge in [0, 0.05) is 17.7 Å². The van der Waals surface area contributed by atoms with Crippen LogP contribution in [0.3, 0.4) is 0 Å². The second-order valence-electron chi connectivity index (χ2n) is 5.15. The zero-order valence-electron chi connectivity index (χ0n) is 13.2. The summed E-state index contributed by atoms with van der Waals surface area (Å²) in [7, 11) is 1.33. The van der Waals surface area contributed by atoms with Gasteiger partial charge in [-0.3, -0.25) is 4.79 Å². The van der Waals surface area contributed by atoms with E-state index in [9.17, 15) is 14.7 Å². The first-order chi connectivity index (χ1) is 12.0. The lowest BCUT2D eigenvalue weighted by atomic mass is 10.1. The Hall–Kier alpha value is -3.48. The Bertz CT molecular complexity index is 990. The Balaban J connectivity index is 2.21. The fraction of sp³-hybridized carbons (Fsp3) is 0.111. The zero-order chi connectivity index (χ0) is 18.0. The van der Waals surface area contributed by atoms with E-state index in [1.807, 2.05) is 6.07 Å². The van der Waals surface area contributed by atoms with E-state index in [-0.39, 0.29) is 22.5 Å². The fourth-order valence-electron chi connectivity index (χ4n) is 2.43. The molecular formula is C18H14O7. The summed E-state index contributed by atoms with van der Waals surface area (Å²) >= 11 is 0. The average molecular weight is 342 g/mol. The third kappa shape index (κ3) is 3.12. The lowest BCUT2D eigenvalue weighted by Gasteiger charge is -2.13. The molecule has 0 fully saturated rings. The summed E-state index contributed by atoms with van der Waals surface area (Å²) in [5.74, 6) is -1.59. The molecule has 0 amide bonds. The van der Waals surface area contributed by atoms with Crippen molar-refractivity contribution >= 4 is 16.9 Å².